The lowest BCUT2D eigenvalue weighted by Gasteiger charge is -2.16. The summed E-state index contributed by atoms with van der Waals surface area (Å²) in [5.41, 5.74) is 2.12. The van der Waals surface area contributed by atoms with Crippen LogP contribution < -0.4 is 0 Å². The second kappa shape index (κ2) is 2.55. The van der Waals surface area contributed by atoms with E-state index >= 15 is 0 Å². The van der Waals surface area contributed by atoms with Crippen LogP contribution in [0.15, 0.2) is 47.0 Å². The monoisotopic (exact) mass is 162 g/mol. The number of fused-ring (bicyclic) bond motifs is 1. The Bertz CT molecular complexity index is 330. The van der Waals surface area contributed by atoms with E-state index in [1.165, 1.54) is 0 Å². The van der Waals surface area contributed by atoms with Gasteiger partial charge in [-0.1, -0.05) is 12.2 Å². The van der Waals surface area contributed by atoms with Gasteiger partial charge in [0.05, 0.1) is 11.5 Å². The predicted molar refractivity (Wildman–Crippen MR) is 46.8 cm³/mol. The molecule has 0 unspecified atom stereocenters. The number of aliphatic hydroxyl groups is 2. The van der Waals surface area contributed by atoms with Gasteiger partial charge in [-0.05, 0) is 23.3 Å². The van der Waals surface area contributed by atoms with Crippen molar-refractivity contribution in [3.63, 3.8) is 0 Å². The molecule has 0 saturated carbocycles. The van der Waals surface area contributed by atoms with E-state index in [4.69, 9.17) is 0 Å². The highest BCUT2D eigenvalue weighted by atomic mass is 16.3. The molecule has 0 aromatic heterocycles. The number of rotatable bonds is 0. The van der Waals surface area contributed by atoms with E-state index in [1.807, 2.05) is 12.2 Å². The van der Waals surface area contributed by atoms with E-state index in [0.29, 0.717) is 24.4 Å². The molecule has 0 bridgehead atoms. The smallest absolute Gasteiger partial charge is 0.0966 e. The van der Waals surface area contributed by atoms with Crippen molar-refractivity contribution in [2.75, 3.05) is 0 Å². The molecule has 0 amide bonds. The van der Waals surface area contributed by atoms with Crippen LogP contribution >= 0.6 is 0 Å². The van der Waals surface area contributed by atoms with Gasteiger partial charge in [-0.25, -0.2) is 0 Å². The molecule has 2 heteroatoms. The molecule has 0 fully saturated rings. The summed E-state index contributed by atoms with van der Waals surface area (Å²) in [4.78, 5) is 0. The maximum absolute atomic E-state index is 9.21. The van der Waals surface area contributed by atoms with E-state index in [9.17, 15) is 10.2 Å². The van der Waals surface area contributed by atoms with E-state index in [2.05, 4.69) is 0 Å². The lowest BCUT2D eigenvalue weighted by atomic mass is 9.92. The van der Waals surface area contributed by atoms with Crippen LogP contribution in [0.2, 0.25) is 0 Å². The largest absolute Gasteiger partial charge is 0.512 e. The molecule has 0 spiro atoms. The molecule has 0 aliphatic heterocycles. The van der Waals surface area contributed by atoms with Crippen molar-refractivity contribution in [3.05, 3.63) is 47.0 Å². The Kier molecular flexibility index (Phi) is 1.54. The molecular weight excluding hydrogens is 152 g/mol. The highest BCUT2D eigenvalue weighted by Gasteiger charge is 2.13. The zero-order valence-corrected chi connectivity index (χ0v) is 6.62. The van der Waals surface area contributed by atoms with Crippen molar-refractivity contribution in [1.29, 1.82) is 0 Å². The highest BCUT2D eigenvalue weighted by Crippen LogP contribution is 2.29. The van der Waals surface area contributed by atoms with Crippen LogP contribution in [0.1, 0.15) is 12.8 Å². The minimum absolute atomic E-state index is 0.389. The fourth-order valence-electron chi connectivity index (χ4n) is 1.45. The van der Waals surface area contributed by atoms with E-state index in [0.717, 1.165) is 11.1 Å². The number of allylic oxidation sites excluding steroid dienone is 6. The van der Waals surface area contributed by atoms with Gasteiger partial charge in [-0.2, -0.15) is 0 Å². The Morgan fingerprint density at radius 1 is 1.08 bits per heavy atom. The Hall–Kier alpha value is -1.44. The van der Waals surface area contributed by atoms with Crippen molar-refractivity contribution in [3.8, 4) is 0 Å². The SMILES string of the molecule is OC1=CC2=CC=C(O)CC2=CC1. The lowest BCUT2D eigenvalue weighted by Crippen LogP contribution is -2.00. The van der Waals surface area contributed by atoms with Gasteiger partial charge in [-0.15, -0.1) is 0 Å². The third-order valence-corrected chi connectivity index (χ3v) is 2.08. The average Bonchev–Trinajstić information content (AvgIpc) is 2.05. The van der Waals surface area contributed by atoms with Gasteiger partial charge < -0.3 is 10.2 Å². The maximum Gasteiger partial charge on any atom is 0.0966 e. The Balaban J connectivity index is 2.38. The molecule has 0 radical (unpaired) electrons. The summed E-state index contributed by atoms with van der Waals surface area (Å²) in [6.07, 6.45) is 8.36. The van der Waals surface area contributed by atoms with Crippen LogP contribution in [-0.4, -0.2) is 10.2 Å². The molecule has 62 valence electrons. The summed E-state index contributed by atoms with van der Waals surface area (Å²) in [7, 11) is 0. The van der Waals surface area contributed by atoms with Crippen molar-refractivity contribution < 1.29 is 10.2 Å². The van der Waals surface area contributed by atoms with Crippen LogP contribution in [0.3, 0.4) is 0 Å². The predicted octanol–water partition coefficient (Wildman–Crippen LogP) is 2.53. The van der Waals surface area contributed by atoms with Gasteiger partial charge in [0.25, 0.3) is 0 Å². The Morgan fingerprint density at radius 2 is 1.92 bits per heavy atom. The summed E-state index contributed by atoms with van der Waals surface area (Å²) in [5, 5.41) is 18.4. The summed E-state index contributed by atoms with van der Waals surface area (Å²) in [6.45, 7) is 0. The Morgan fingerprint density at radius 3 is 2.75 bits per heavy atom. The first kappa shape index (κ1) is 7.22. The van der Waals surface area contributed by atoms with Gasteiger partial charge >= 0.3 is 0 Å². The minimum Gasteiger partial charge on any atom is -0.512 e. The van der Waals surface area contributed by atoms with Gasteiger partial charge in [0.2, 0.25) is 0 Å². The molecule has 2 aliphatic rings. The van der Waals surface area contributed by atoms with Crippen molar-refractivity contribution >= 4 is 0 Å². The van der Waals surface area contributed by atoms with Crippen LogP contribution in [0.25, 0.3) is 0 Å². The summed E-state index contributed by atoms with van der Waals surface area (Å²) in [6, 6.07) is 0. The quantitative estimate of drug-likeness (QED) is 0.574. The molecule has 12 heavy (non-hydrogen) atoms. The normalized spacial score (nSPS) is 21.7. The lowest BCUT2D eigenvalue weighted by molar-refractivity contribution is 0.390. The first-order valence-electron chi connectivity index (χ1n) is 3.94. The molecule has 0 saturated heterocycles. The number of aliphatic hydroxyl groups excluding tert-OH is 2. The standard InChI is InChI=1S/C10H10O2/c11-9-3-1-7-5-10(12)4-2-8(7)6-9/h1-3,5,11-12H,4,6H2. The molecule has 2 rings (SSSR count). The molecule has 2 aliphatic carbocycles. The Labute approximate surface area is 70.8 Å². The molecular formula is C10H10O2. The molecule has 0 aromatic rings. The van der Waals surface area contributed by atoms with Crippen LogP contribution in [-0.2, 0) is 0 Å². The third-order valence-electron chi connectivity index (χ3n) is 2.08. The van der Waals surface area contributed by atoms with Crippen LogP contribution in [0.4, 0.5) is 0 Å². The van der Waals surface area contributed by atoms with Crippen molar-refractivity contribution in [1.82, 2.24) is 0 Å². The highest BCUT2D eigenvalue weighted by molar-refractivity contribution is 5.50. The summed E-state index contributed by atoms with van der Waals surface area (Å²) >= 11 is 0. The maximum atomic E-state index is 9.21. The van der Waals surface area contributed by atoms with Crippen LogP contribution in [0.5, 0.6) is 0 Å². The average molecular weight is 162 g/mol. The minimum atomic E-state index is 0.389. The van der Waals surface area contributed by atoms with E-state index in [-0.39, 0.29) is 0 Å². The molecule has 0 atom stereocenters. The molecule has 0 aromatic carbocycles. The van der Waals surface area contributed by atoms with Gasteiger partial charge in [0.1, 0.15) is 0 Å². The number of hydrogen-bond acceptors (Lipinski definition) is 2. The first-order chi connectivity index (χ1) is 5.75. The topological polar surface area (TPSA) is 40.5 Å². The van der Waals surface area contributed by atoms with Gasteiger partial charge in [0, 0.05) is 12.8 Å². The molecule has 2 N–H and O–H groups in total. The molecule has 2 nitrogen and oxygen atoms in total. The van der Waals surface area contributed by atoms with E-state index in [1.54, 1.807) is 12.2 Å². The fourth-order valence-corrected chi connectivity index (χ4v) is 1.45. The number of hydrogen-bond donors (Lipinski definition) is 2. The summed E-state index contributed by atoms with van der Waals surface area (Å²) < 4.78 is 0. The van der Waals surface area contributed by atoms with Gasteiger partial charge in [0.15, 0.2) is 0 Å². The summed E-state index contributed by atoms with van der Waals surface area (Å²) in [5.74, 6) is 0.777. The molecule has 0 heterocycles. The third kappa shape index (κ3) is 1.16. The zero-order chi connectivity index (χ0) is 8.55. The van der Waals surface area contributed by atoms with Crippen LogP contribution in [0, 0.1) is 0 Å². The fraction of sp³-hybridized carbons (Fsp3) is 0.200. The zero-order valence-electron chi connectivity index (χ0n) is 6.62. The second-order valence-electron chi connectivity index (χ2n) is 3.03. The van der Waals surface area contributed by atoms with Gasteiger partial charge in [-0.3, -0.25) is 0 Å². The van der Waals surface area contributed by atoms with Crippen molar-refractivity contribution in [2.24, 2.45) is 0 Å². The first-order valence-corrected chi connectivity index (χ1v) is 3.94. The second-order valence-corrected chi connectivity index (χ2v) is 3.03. The van der Waals surface area contributed by atoms with Crippen molar-refractivity contribution in [2.45, 2.75) is 12.8 Å². The van der Waals surface area contributed by atoms with E-state index < -0.39 is 0 Å².